The summed E-state index contributed by atoms with van der Waals surface area (Å²) in [6.45, 7) is 0.107. The van der Waals surface area contributed by atoms with Gasteiger partial charge in [-0.05, 0) is 54.4 Å². The predicted molar refractivity (Wildman–Crippen MR) is 114 cm³/mol. The molecule has 32 heavy (non-hydrogen) atoms. The first-order valence-electron chi connectivity index (χ1n) is 9.83. The second-order valence-corrected chi connectivity index (χ2v) is 6.93. The van der Waals surface area contributed by atoms with Crippen LogP contribution in [0, 0.1) is 0 Å². The maximum Gasteiger partial charge on any atom is 0.416 e. The summed E-state index contributed by atoms with van der Waals surface area (Å²) in [6, 6.07) is 20.4. The minimum atomic E-state index is -4.49. The molecule has 0 saturated carbocycles. The lowest BCUT2D eigenvalue weighted by molar-refractivity contribution is -0.137. The summed E-state index contributed by atoms with van der Waals surface area (Å²) in [5, 5.41) is 5.20. The van der Waals surface area contributed by atoms with Gasteiger partial charge >= 0.3 is 6.18 Å². The number of anilines is 1. The van der Waals surface area contributed by atoms with E-state index in [0.717, 1.165) is 24.1 Å². The molecule has 3 rings (SSSR count). The van der Waals surface area contributed by atoms with Crippen LogP contribution in [0.1, 0.15) is 21.5 Å². The Hall–Kier alpha value is -3.81. The average Bonchev–Trinajstić information content (AvgIpc) is 2.78. The van der Waals surface area contributed by atoms with Gasteiger partial charge in [0, 0.05) is 17.8 Å². The van der Waals surface area contributed by atoms with Gasteiger partial charge < -0.3 is 15.4 Å². The third-order valence-electron chi connectivity index (χ3n) is 4.50. The Balaban J connectivity index is 1.45. The lowest BCUT2D eigenvalue weighted by atomic mass is 10.1. The third-order valence-corrected chi connectivity index (χ3v) is 4.50. The number of alkyl halides is 3. The number of hydrogen-bond donors (Lipinski definition) is 2. The van der Waals surface area contributed by atoms with E-state index < -0.39 is 24.3 Å². The summed E-state index contributed by atoms with van der Waals surface area (Å²) in [4.78, 5) is 24.2. The van der Waals surface area contributed by atoms with Crippen molar-refractivity contribution < 1.29 is 27.5 Å². The first kappa shape index (κ1) is 22.9. The molecule has 0 aliphatic carbocycles. The molecule has 2 amide bonds. The van der Waals surface area contributed by atoms with Crippen molar-refractivity contribution in [1.82, 2.24) is 5.32 Å². The van der Waals surface area contributed by atoms with Gasteiger partial charge in [-0.25, -0.2) is 0 Å². The monoisotopic (exact) mass is 442 g/mol. The standard InChI is InChI=1S/C24H21F3N2O3/c25-24(26,27)19-7-4-8-20(15-19)29-22(30)16-32-21-11-9-18(10-12-21)23(31)28-14-13-17-5-2-1-3-6-17/h1-12,15H,13-14,16H2,(H,28,31)(H,29,30). The van der Waals surface area contributed by atoms with Gasteiger partial charge in [0.25, 0.3) is 11.8 Å². The molecule has 2 N–H and O–H groups in total. The van der Waals surface area contributed by atoms with E-state index >= 15 is 0 Å². The van der Waals surface area contributed by atoms with Gasteiger partial charge in [-0.2, -0.15) is 13.2 Å². The number of hydrogen-bond acceptors (Lipinski definition) is 3. The van der Waals surface area contributed by atoms with E-state index in [2.05, 4.69) is 10.6 Å². The molecule has 0 atom stereocenters. The number of amides is 2. The quantitative estimate of drug-likeness (QED) is 0.532. The van der Waals surface area contributed by atoms with Crippen molar-refractivity contribution in [3.63, 3.8) is 0 Å². The molecule has 0 saturated heterocycles. The molecule has 0 spiro atoms. The van der Waals surface area contributed by atoms with Gasteiger partial charge in [0.1, 0.15) is 5.75 Å². The molecule has 0 aliphatic rings. The molecule has 0 aliphatic heterocycles. The predicted octanol–water partition coefficient (Wildman–Crippen LogP) is 4.70. The Labute approximate surface area is 183 Å². The fourth-order valence-electron chi connectivity index (χ4n) is 2.89. The Morgan fingerprint density at radius 1 is 0.875 bits per heavy atom. The second kappa shape index (κ2) is 10.5. The van der Waals surface area contributed by atoms with E-state index in [9.17, 15) is 22.8 Å². The molecular weight excluding hydrogens is 421 g/mol. The van der Waals surface area contributed by atoms with Crippen LogP contribution in [-0.4, -0.2) is 25.0 Å². The van der Waals surface area contributed by atoms with Crippen LogP contribution in [0.5, 0.6) is 5.75 Å². The molecule has 0 bridgehead atoms. The zero-order valence-corrected chi connectivity index (χ0v) is 17.0. The van der Waals surface area contributed by atoms with Crippen molar-refractivity contribution in [2.75, 3.05) is 18.5 Å². The molecule has 5 nitrogen and oxygen atoms in total. The van der Waals surface area contributed by atoms with Gasteiger partial charge in [0.2, 0.25) is 0 Å². The maximum absolute atomic E-state index is 12.7. The highest BCUT2D eigenvalue weighted by atomic mass is 19.4. The maximum atomic E-state index is 12.7. The van der Waals surface area contributed by atoms with Crippen LogP contribution in [0.4, 0.5) is 18.9 Å². The third kappa shape index (κ3) is 6.87. The summed E-state index contributed by atoms with van der Waals surface area (Å²) in [7, 11) is 0. The van der Waals surface area contributed by atoms with E-state index in [0.29, 0.717) is 17.9 Å². The normalized spacial score (nSPS) is 11.0. The molecule has 0 unspecified atom stereocenters. The van der Waals surface area contributed by atoms with Gasteiger partial charge in [-0.1, -0.05) is 36.4 Å². The van der Waals surface area contributed by atoms with Crippen LogP contribution in [-0.2, 0) is 17.4 Å². The minimum Gasteiger partial charge on any atom is -0.484 e. The number of benzene rings is 3. The minimum absolute atomic E-state index is 0.0240. The first-order valence-corrected chi connectivity index (χ1v) is 9.83. The summed E-state index contributed by atoms with van der Waals surface area (Å²) in [5.74, 6) is -0.480. The number of carbonyl (C=O) groups excluding carboxylic acids is 2. The summed E-state index contributed by atoms with van der Waals surface area (Å²) in [5.41, 5.74) is 0.739. The van der Waals surface area contributed by atoms with Crippen molar-refractivity contribution in [3.05, 3.63) is 95.6 Å². The molecule has 3 aromatic carbocycles. The Morgan fingerprint density at radius 3 is 2.28 bits per heavy atom. The highest BCUT2D eigenvalue weighted by Gasteiger charge is 2.30. The summed E-state index contributed by atoms with van der Waals surface area (Å²) >= 11 is 0. The van der Waals surface area contributed by atoms with Gasteiger partial charge in [-0.3, -0.25) is 9.59 Å². The zero-order valence-electron chi connectivity index (χ0n) is 17.0. The Bertz CT molecular complexity index is 1050. The lowest BCUT2D eigenvalue weighted by Crippen LogP contribution is -2.25. The lowest BCUT2D eigenvalue weighted by Gasteiger charge is -2.11. The van der Waals surface area contributed by atoms with E-state index in [1.807, 2.05) is 30.3 Å². The molecule has 0 aromatic heterocycles. The molecule has 0 radical (unpaired) electrons. The van der Waals surface area contributed by atoms with Gasteiger partial charge in [0.15, 0.2) is 6.61 Å². The second-order valence-electron chi connectivity index (χ2n) is 6.93. The SMILES string of the molecule is O=C(COc1ccc(C(=O)NCCc2ccccc2)cc1)Nc1cccc(C(F)(F)F)c1. The number of rotatable bonds is 8. The van der Waals surface area contributed by atoms with Crippen LogP contribution in [0.15, 0.2) is 78.9 Å². The summed E-state index contributed by atoms with van der Waals surface area (Å²) in [6.07, 6.45) is -3.78. The summed E-state index contributed by atoms with van der Waals surface area (Å²) < 4.78 is 43.6. The van der Waals surface area contributed by atoms with Crippen molar-refractivity contribution in [2.24, 2.45) is 0 Å². The Morgan fingerprint density at radius 2 is 1.59 bits per heavy atom. The number of ether oxygens (including phenoxy) is 1. The molecular formula is C24H21F3N2O3. The molecule has 3 aromatic rings. The van der Waals surface area contributed by atoms with E-state index in [4.69, 9.17) is 4.74 Å². The smallest absolute Gasteiger partial charge is 0.416 e. The molecule has 8 heteroatoms. The fourth-order valence-corrected chi connectivity index (χ4v) is 2.89. The topological polar surface area (TPSA) is 67.4 Å². The zero-order chi connectivity index (χ0) is 23.0. The first-order chi connectivity index (χ1) is 15.3. The van der Waals surface area contributed by atoms with Crippen molar-refractivity contribution in [1.29, 1.82) is 0 Å². The number of nitrogens with one attached hydrogen (secondary N) is 2. The van der Waals surface area contributed by atoms with Crippen LogP contribution >= 0.6 is 0 Å². The van der Waals surface area contributed by atoms with Gasteiger partial charge in [-0.15, -0.1) is 0 Å². The number of carbonyl (C=O) groups is 2. The molecule has 0 heterocycles. The van der Waals surface area contributed by atoms with E-state index in [1.54, 1.807) is 24.3 Å². The van der Waals surface area contributed by atoms with Crippen molar-refractivity contribution >= 4 is 17.5 Å². The average molecular weight is 442 g/mol. The number of halogens is 3. The van der Waals surface area contributed by atoms with E-state index in [1.165, 1.54) is 12.1 Å². The molecule has 0 fully saturated rings. The van der Waals surface area contributed by atoms with Crippen LogP contribution in [0.2, 0.25) is 0 Å². The highest BCUT2D eigenvalue weighted by Crippen LogP contribution is 2.30. The van der Waals surface area contributed by atoms with Gasteiger partial charge in [0.05, 0.1) is 5.56 Å². The van der Waals surface area contributed by atoms with E-state index in [-0.39, 0.29) is 11.6 Å². The highest BCUT2D eigenvalue weighted by molar-refractivity contribution is 5.94. The van der Waals surface area contributed by atoms with Crippen LogP contribution in [0.25, 0.3) is 0 Å². The van der Waals surface area contributed by atoms with Crippen LogP contribution in [0.3, 0.4) is 0 Å². The molecule has 166 valence electrons. The largest absolute Gasteiger partial charge is 0.484 e. The Kier molecular flexibility index (Phi) is 7.49. The fraction of sp³-hybridized carbons (Fsp3) is 0.167. The van der Waals surface area contributed by atoms with Crippen molar-refractivity contribution in [2.45, 2.75) is 12.6 Å². The van der Waals surface area contributed by atoms with Crippen molar-refractivity contribution in [3.8, 4) is 5.75 Å². The van der Waals surface area contributed by atoms with Crippen LogP contribution < -0.4 is 15.4 Å².